The molecule has 1 unspecified atom stereocenters. The predicted molar refractivity (Wildman–Crippen MR) is 61.6 cm³/mol. The number of aliphatic hydroxyl groups is 1. The summed E-state index contributed by atoms with van der Waals surface area (Å²) < 4.78 is 5.10. The zero-order valence-corrected chi connectivity index (χ0v) is 9.93. The predicted octanol–water partition coefficient (Wildman–Crippen LogP) is 1.91. The zero-order chi connectivity index (χ0) is 11.4. The van der Waals surface area contributed by atoms with Crippen molar-refractivity contribution in [3.05, 3.63) is 28.3 Å². The monoisotopic (exact) mass is 229 g/mol. The van der Waals surface area contributed by atoms with Crippen molar-refractivity contribution < 1.29 is 9.84 Å². The number of rotatable bonds is 4. The third-order valence-electron chi connectivity index (χ3n) is 2.35. The molecule has 1 rings (SSSR count). The van der Waals surface area contributed by atoms with E-state index in [9.17, 15) is 5.11 Å². The van der Waals surface area contributed by atoms with Crippen molar-refractivity contribution in [3.8, 4) is 5.75 Å². The molecule has 0 aliphatic heterocycles. The van der Waals surface area contributed by atoms with E-state index in [0.29, 0.717) is 17.3 Å². The van der Waals surface area contributed by atoms with E-state index >= 15 is 0 Å². The van der Waals surface area contributed by atoms with Crippen molar-refractivity contribution in [1.82, 2.24) is 5.32 Å². The maximum atomic E-state index is 9.87. The molecule has 0 saturated carbocycles. The number of benzene rings is 1. The van der Waals surface area contributed by atoms with Gasteiger partial charge in [0.25, 0.3) is 0 Å². The summed E-state index contributed by atoms with van der Waals surface area (Å²) in [6, 6.07) is 3.55. The van der Waals surface area contributed by atoms with Crippen molar-refractivity contribution in [2.45, 2.75) is 13.0 Å². The van der Waals surface area contributed by atoms with Gasteiger partial charge in [0, 0.05) is 11.6 Å². The third kappa shape index (κ3) is 2.84. The van der Waals surface area contributed by atoms with E-state index in [-0.39, 0.29) is 0 Å². The first-order chi connectivity index (χ1) is 7.10. The molecule has 0 amide bonds. The molecule has 1 aromatic carbocycles. The molecular formula is C11H16ClNO2. The molecule has 0 aliphatic carbocycles. The molecular weight excluding hydrogens is 214 g/mol. The summed E-state index contributed by atoms with van der Waals surface area (Å²) in [7, 11) is 3.37. The van der Waals surface area contributed by atoms with Crippen LogP contribution in [0.3, 0.4) is 0 Å². The highest BCUT2D eigenvalue weighted by Gasteiger charge is 2.13. The van der Waals surface area contributed by atoms with Crippen molar-refractivity contribution in [1.29, 1.82) is 0 Å². The molecule has 84 valence electrons. The Bertz CT molecular complexity index is 342. The van der Waals surface area contributed by atoms with E-state index in [0.717, 1.165) is 11.1 Å². The van der Waals surface area contributed by atoms with Gasteiger partial charge in [-0.15, -0.1) is 0 Å². The Balaban J connectivity index is 3.09. The highest BCUT2D eigenvalue weighted by molar-refractivity contribution is 6.31. The van der Waals surface area contributed by atoms with Crippen LogP contribution in [0, 0.1) is 6.92 Å². The van der Waals surface area contributed by atoms with E-state index in [1.54, 1.807) is 20.2 Å². The highest BCUT2D eigenvalue weighted by atomic mass is 35.5. The van der Waals surface area contributed by atoms with Gasteiger partial charge in [-0.1, -0.05) is 11.6 Å². The van der Waals surface area contributed by atoms with Gasteiger partial charge in [0.1, 0.15) is 5.75 Å². The summed E-state index contributed by atoms with van der Waals surface area (Å²) >= 11 is 6.03. The van der Waals surface area contributed by atoms with Gasteiger partial charge < -0.3 is 15.2 Å². The third-order valence-corrected chi connectivity index (χ3v) is 2.74. The molecule has 0 aliphatic rings. The van der Waals surface area contributed by atoms with Gasteiger partial charge in [0.15, 0.2) is 0 Å². The molecule has 0 aromatic heterocycles. The number of hydrogen-bond acceptors (Lipinski definition) is 3. The first-order valence-corrected chi connectivity index (χ1v) is 5.14. The second-order valence-corrected chi connectivity index (χ2v) is 3.80. The Morgan fingerprint density at radius 3 is 2.73 bits per heavy atom. The van der Waals surface area contributed by atoms with Crippen LogP contribution in [0.5, 0.6) is 5.75 Å². The molecule has 1 aromatic rings. The van der Waals surface area contributed by atoms with Crippen LogP contribution in [0.4, 0.5) is 0 Å². The Morgan fingerprint density at radius 2 is 2.20 bits per heavy atom. The number of hydrogen-bond donors (Lipinski definition) is 2. The second-order valence-electron chi connectivity index (χ2n) is 3.40. The summed E-state index contributed by atoms with van der Waals surface area (Å²) in [6.07, 6.45) is -0.567. The van der Waals surface area contributed by atoms with Crippen molar-refractivity contribution in [3.63, 3.8) is 0 Å². The summed E-state index contributed by atoms with van der Waals surface area (Å²) in [5.74, 6) is 0.663. The fraction of sp³-hybridized carbons (Fsp3) is 0.455. The number of aliphatic hydroxyl groups excluding tert-OH is 1. The van der Waals surface area contributed by atoms with Crippen LogP contribution in [-0.4, -0.2) is 25.8 Å². The lowest BCUT2D eigenvalue weighted by molar-refractivity contribution is 0.176. The SMILES string of the molecule is CNCC(O)c1cc(OC)cc(Cl)c1C. The average Bonchev–Trinajstić information content (AvgIpc) is 2.22. The minimum absolute atomic E-state index is 0.490. The maximum Gasteiger partial charge on any atom is 0.120 e. The molecule has 2 N–H and O–H groups in total. The first-order valence-electron chi connectivity index (χ1n) is 4.76. The van der Waals surface area contributed by atoms with Crippen LogP contribution in [0.15, 0.2) is 12.1 Å². The molecule has 0 saturated heterocycles. The number of halogens is 1. The van der Waals surface area contributed by atoms with Gasteiger partial charge in [-0.2, -0.15) is 0 Å². The summed E-state index contributed by atoms with van der Waals surface area (Å²) in [5, 5.41) is 13.4. The van der Waals surface area contributed by atoms with E-state index in [2.05, 4.69) is 5.32 Å². The summed E-state index contributed by atoms with van der Waals surface area (Å²) in [6.45, 7) is 2.38. The van der Waals surface area contributed by atoms with Crippen LogP contribution >= 0.6 is 11.6 Å². The fourth-order valence-corrected chi connectivity index (χ4v) is 1.66. The van der Waals surface area contributed by atoms with Gasteiger partial charge in [0.2, 0.25) is 0 Å². The lowest BCUT2D eigenvalue weighted by Crippen LogP contribution is -2.17. The number of ether oxygens (including phenoxy) is 1. The molecule has 15 heavy (non-hydrogen) atoms. The normalized spacial score (nSPS) is 12.6. The molecule has 0 radical (unpaired) electrons. The molecule has 0 bridgehead atoms. The quantitative estimate of drug-likeness (QED) is 0.829. The molecule has 3 nitrogen and oxygen atoms in total. The van der Waals surface area contributed by atoms with E-state index in [4.69, 9.17) is 16.3 Å². The van der Waals surface area contributed by atoms with Crippen LogP contribution in [0.25, 0.3) is 0 Å². The molecule has 0 spiro atoms. The largest absolute Gasteiger partial charge is 0.497 e. The second kappa shape index (κ2) is 5.35. The minimum atomic E-state index is -0.567. The Kier molecular flexibility index (Phi) is 4.39. The lowest BCUT2D eigenvalue weighted by Gasteiger charge is -2.15. The number of likely N-dealkylation sites (N-methyl/N-ethyl adjacent to an activating group) is 1. The fourth-order valence-electron chi connectivity index (χ4n) is 1.44. The smallest absolute Gasteiger partial charge is 0.120 e. The van der Waals surface area contributed by atoms with Gasteiger partial charge in [0.05, 0.1) is 13.2 Å². The minimum Gasteiger partial charge on any atom is -0.497 e. The van der Waals surface area contributed by atoms with Gasteiger partial charge in [-0.3, -0.25) is 0 Å². The van der Waals surface area contributed by atoms with Crippen molar-refractivity contribution in [2.75, 3.05) is 20.7 Å². The van der Waals surface area contributed by atoms with E-state index < -0.39 is 6.10 Å². The van der Waals surface area contributed by atoms with Crippen LogP contribution in [0.2, 0.25) is 5.02 Å². The highest BCUT2D eigenvalue weighted by Crippen LogP contribution is 2.29. The summed E-state index contributed by atoms with van der Waals surface area (Å²) in [4.78, 5) is 0. The van der Waals surface area contributed by atoms with Gasteiger partial charge in [-0.05, 0) is 37.2 Å². The van der Waals surface area contributed by atoms with E-state index in [1.807, 2.05) is 13.0 Å². The standard InChI is InChI=1S/C11H16ClNO2/c1-7-9(11(14)6-13-2)4-8(15-3)5-10(7)12/h4-5,11,13-14H,6H2,1-3H3. The Hall–Kier alpha value is -0.770. The van der Waals surface area contributed by atoms with Crippen LogP contribution in [-0.2, 0) is 0 Å². The maximum absolute atomic E-state index is 9.87. The lowest BCUT2D eigenvalue weighted by atomic mass is 10.0. The molecule has 1 atom stereocenters. The Morgan fingerprint density at radius 1 is 1.53 bits per heavy atom. The van der Waals surface area contributed by atoms with Gasteiger partial charge >= 0.3 is 0 Å². The first kappa shape index (κ1) is 12.3. The molecule has 0 fully saturated rings. The zero-order valence-electron chi connectivity index (χ0n) is 9.17. The average molecular weight is 230 g/mol. The molecule has 4 heteroatoms. The molecule has 0 heterocycles. The van der Waals surface area contributed by atoms with Crippen LogP contribution in [0.1, 0.15) is 17.2 Å². The summed E-state index contributed by atoms with van der Waals surface area (Å²) in [5.41, 5.74) is 1.69. The van der Waals surface area contributed by atoms with Gasteiger partial charge in [-0.25, -0.2) is 0 Å². The van der Waals surface area contributed by atoms with Crippen molar-refractivity contribution >= 4 is 11.6 Å². The topological polar surface area (TPSA) is 41.5 Å². The van der Waals surface area contributed by atoms with Crippen molar-refractivity contribution in [2.24, 2.45) is 0 Å². The number of nitrogens with one attached hydrogen (secondary N) is 1. The van der Waals surface area contributed by atoms with Crippen LogP contribution < -0.4 is 10.1 Å². The number of methoxy groups -OCH3 is 1. The Labute approximate surface area is 95.0 Å². The van der Waals surface area contributed by atoms with E-state index in [1.165, 1.54) is 0 Å².